The van der Waals surface area contributed by atoms with E-state index in [4.69, 9.17) is 25.7 Å². The maximum atomic E-state index is 12.4. The van der Waals surface area contributed by atoms with Crippen LogP contribution < -0.4 is 10.6 Å². The van der Waals surface area contributed by atoms with Crippen molar-refractivity contribution in [2.45, 2.75) is 64.1 Å². The molecule has 30 heavy (non-hydrogen) atoms. The van der Waals surface area contributed by atoms with Crippen LogP contribution in [0.1, 0.15) is 57.4 Å². The molecule has 3 heterocycles. The van der Waals surface area contributed by atoms with Crippen molar-refractivity contribution in [3.63, 3.8) is 0 Å². The van der Waals surface area contributed by atoms with E-state index in [-0.39, 0.29) is 6.03 Å². The minimum Gasteiger partial charge on any atom is -0.439 e. The Kier molecular flexibility index (Phi) is 5.16. The molecule has 1 aromatic carbocycles. The summed E-state index contributed by atoms with van der Waals surface area (Å²) in [6.45, 7) is 7.56. The Balaban J connectivity index is 1.42. The van der Waals surface area contributed by atoms with Crippen molar-refractivity contribution >= 4 is 34.4 Å². The molecule has 1 saturated heterocycles. The number of nitrogens with zero attached hydrogens (tertiary/aromatic N) is 2. The number of aromatic nitrogens is 1. The Hall–Kier alpha value is -1.83. The lowest BCUT2D eigenvalue weighted by atomic mass is 9.74. The number of oxazole rings is 1. The first kappa shape index (κ1) is 20.1. The lowest BCUT2D eigenvalue weighted by molar-refractivity contribution is -0.0680. The van der Waals surface area contributed by atoms with Crippen LogP contribution in [0.5, 0.6) is 0 Å². The van der Waals surface area contributed by atoms with Gasteiger partial charge in [0, 0.05) is 25.3 Å². The van der Waals surface area contributed by atoms with E-state index in [0.717, 1.165) is 62.0 Å². The lowest BCUT2D eigenvalue weighted by Crippen LogP contribution is -2.52. The number of rotatable bonds is 5. The Morgan fingerprint density at radius 1 is 1.33 bits per heavy atom. The molecule has 2 amide bonds. The molecule has 8 heteroatoms. The van der Waals surface area contributed by atoms with Crippen LogP contribution in [0.4, 0.5) is 10.5 Å². The van der Waals surface area contributed by atoms with Crippen LogP contribution in [0.2, 0.25) is 5.02 Å². The zero-order valence-corrected chi connectivity index (χ0v) is 18.3. The van der Waals surface area contributed by atoms with E-state index in [1.165, 1.54) is 6.42 Å². The van der Waals surface area contributed by atoms with Gasteiger partial charge in [-0.1, -0.05) is 44.7 Å². The zero-order valence-electron chi connectivity index (χ0n) is 17.6. The quantitative estimate of drug-likeness (QED) is 0.719. The second-order valence-electron chi connectivity index (χ2n) is 9.33. The van der Waals surface area contributed by atoms with Gasteiger partial charge in [-0.2, -0.15) is 0 Å². The van der Waals surface area contributed by atoms with Crippen molar-refractivity contribution < 1.29 is 13.9 Å². The first-order valence-electron chi connectivity index (χ1n) is 11.0. The monoisotopic (exact) mass is 432 g/mol. The number of urea groups is 1. The molecule has 1 aliphatic carbocycles. The molecule has 2 aliphatic heterocycles. The number of likely N-dealkylation sites (tertiary alicyclic amines) is 1. The second kappa shape index (κ2) is 7.70. The van der Waals surface area contributed by atoms with Crippen LogP contribution in [-0.4, -0.2) is 41.7 Å². The molecular weight excluding hydrogens is 404 g/mol. The number of nitrogens with one attached hydrogen (secondary N) is 2. The van der Waals surface area contributed by atoms with E-state index in [2.05, 4.69) is 29.4 Å². The highest BCUT2D eigenvalue weighted by atomic mass is 35.5. The highest BCUT2D eigenvalue weighted by Crippen LogP contribution is 2.48. The van der Waals surface area contributed by atoms with E-state index in [1.54, 1.807) is 6.07 Å². The predicted molar refractivity (Wildman–Crippen MR) is 116 cm³/mol. The van der Waals surface area contributed by atoms with Gasteiger partial charge in [0.2, 0.25) is 5.89 Å². The SMILES string of the molecule is CC(C)COC1CN(Cc2nc3cc(Cl)c4c(c3o2)C2(CCCCC2)NC(=O)N4)C1. The van der Waals surface area contributed by atoms with Gasteiger partial charge < -0.3 is 19.8 Å². The minimum atomic E-state index is -0.428. The van der Waals surface area contributed by atoms with Crippen LogP contribution in [-0.2, 0) is 16.8 Å². The smallest absolute Gasteiger partial charge is 0.319 e. The third-order valence-corrected chi connectivity index (χ3v) is 6.70. The van der Waals surface area contributed by atoms with Crippen molar-refractivity contribution in [3.8, 4) is 0 Å². The van der Waals surface area contributed by atoms with Crippen LogP contribution in [0.15, 0.2) is 10.5 Å². The van der Waals surface area contributed by atoms with E-state index >= 15 is 0 Å². The molecule has 0 radical (unpaired) electrons. The van der Waals surface area contributed by atoms with E-state index < -0.39 is 5.54 Å². The number of amides is 2. The van der Waals surface area contributed by atoms with Gasteiger partial charge in [0.15, 0.2) is 5.58 Å². The molecular formula is C22H29ClN4O3. The fourth-order valence-electron chi connectivity index (χ4n) is 4.96. The second-order valence-corrected chi connectivity index (χ2v) is 9.74. The Morgan fingerprint density at radius 3 is 2.83 bits per heavy atom. The third-order valence-electron chi connectivity index (χ3n) is 6.40. The highest BCUT2D eigenvalue weighted by Gasteiger charge is 2.44. The predicted octanol–water partition coefficient (Wildman–Crippen LogP) is 4.63. The summed E-state index contributed by atoms with van der Waals surface area (Å²) in [5.74, 6) is 1.23. The normalized spacial score (nSPS) is 21.5. The molecule has 1 saturated carbocycles. The first-order valence-corrected chi connectivity index (χ1v) is 11.4. The number of halogens is 1. The van der Waals surface area contributed by atoms with Crippen LogP contribution >= 0.6 is 11.6 Å². The van der Waals surface area contributed by atoms with Crippen LogP contribution in [0.25, 0.3) is 11.1 Å². The maximum absolute atomic E-state index is 12.4. The van der Waals surface area contributed by atoms with E-state index in [0.29, 0.717) is 35.2 Å². The average molecular weight is 433 g/mol. The van der Waals surface area contributed by atoms with Gasteiger partial charge in [0.1, 0.15) is 5.52 Å². The highest BCUT2D eigenvalue weighted by molar-refractivity contribution is 6.35. The topological polar surface area (TPSA) is 79.6 Å². The summed E-state index contributed by atoms with van der Waals surface area (Å²) < 4.78 is 12.2. The van der Waals surface area contributed by atoms with Gasteiger partial charge in [0.05, 0.1) is 28.9 Å². The molecule has 1 aromatic heterocycles. The van der Waals surface area contributed by atoms with Gasteiger partial charge in [-0.25, -0.2) is 9.78 Å². The number of anilines is 1. The fraction of sp³-hybridized carbons (Fsp3) is 0.636. The molecule has 0 bridgehead atoms. The summed E-state index contributed by atoms with van der Waals surface area (Å²) in [4.78, 5) is 19.4. The Bertz CT molecular complexity index is 961. The summed E-state index contributed by atoms with van der Waals surface area (Å²) in [5.41, 5.74) is 2.70. The lowest BCUT2D eigenvalue weighted by Gasteiger charge is -2.42. The summed E-state index contributed by atoms with van der Waals surface area (Å²) in [6.07, 6.45) is 5.39. The number of ether oxygens (including phenoxy) is 1. The summed E-state index contributed by atoms with van der Waals surface area (Å²) >= 11 is 6.57. The molecule has 2 N–H and O–H groups in total. The number of hydrogen-bond acceptors (Lipinski definition) is 5. The van der Waals surface area contributed by atoms with Gasteiger partial charge in [-0.3, -0.25) is 4.90 Å². The van der Waals surface area contributed by atoms with E-state index in [9.17, 15) is 4.79 Å². The minimum absolute atomic E-state index is 0.196. The number of carbonyl (C=O) groups excluding carboxylic acids is 1. The maximum Gasteiger partial charge on any atom is 0.319 e. The van der Waals surface area contributed by atoms with Gasteiger partial charge in [-0.15, -0.1) is 0 Å². The fourth-order valence-corrected chi connectivity index (χ4v) is 5.20. The summed E-state index contributed by atoms with van der Waals surface area (Å²) in [7, 11) is 0. The summed E-state index contributed by atoms with van der Waals surface area (Å²) in [6, 6.07) is 1.61. The number of carbonyl (C=O) groups is 1. The first-order chi connectivity index (χ1) is 14.4. The largest absolute Gasteiger partial charge is 0.439 e. The zero-order chi connectivity index (χ0) is 20.9. The van der Waals surface area contributed by atoms with Crippen molar-refractivity contribution in [1.82, 2.24) is 15.2 Å². The average Bonchev–Trinajstić information content (AvgIpc) is 3.05. The summed E-state index contributed by atoms with van der Waals surface area (Å²) in [5, 5.41) is 6.60. The molecule has 0 unspecified atom stereocenters. The molecule has 0 atom stereocenters. The number of benzene rings is 1. The molecule has 3 aliphatic rings. The third kappa shape index (κ3) is 3.57. The Labute approximate surface area is 181 Å². The van der Waals surface area contributed by atoms with Crippen LogP contribution in [0.3, 0.4) is 0 Å². The molecule has 7 nitrogen and oxygen atoms in total. The van der Waals surface area contributed by atoms with Crippen molar-refractivity contribution in [2.24, 2.45) is 5.92 Å². The van der Waals surface area contributed by atoms with Crippen molar-refractivity contribution in [2.75, 3.05) is 25.0 Å². The van der Waals surface area contributed by atoms with E-state index in [1.807, 2.05) is 0 Å². The molecule has 2 fully saturated rings. The molecule has 5 rings (SSSR count). The van der Waals surface area contributed by atoms with Gasteiger partial charge >= 0.3 is 6.03 Å². The van der Waals surface area contributed by atoms with Gasteiger partial charge in [-0.05, 0) is 24.8 Å². The van der Waals surface area contributed by atoms with Gasteiger partial charge in [0.25, 0.3) is 0 Å². The molecule has 162 valence electrons. The van der Waals surface area contributed by atoms with Crippen molar-refractivity contribution in [1.29, 1.82) is 0 Å². The standard InChI is InChI=1S/C22H29ClN4O3/c1-13(2)12-29-14-9-27(10-14)11-17-24-16-8-15(23)19-18(20(16)30-17)22(26-21(28)25-19)6-4-3-5-7-22/h8,13-14H,3-7,9-12H2,1-2H3,(H2,25,26,28). The number of hydrogen-bond donors (Lipinski definition) is 2. The van der Waals surface area contributed by atoms with Crippen LogP contribution in [0, 0.1) is 5.92 Å². The Morgan fingerprint density at radius 2 is 2.10 bits per heavy atom. The number of fused-ring (bicyclic) bond motifs is 4. The molecule has 2 aromatic rings. The molecule has 1 spiro atoms. The van der Waals surface area contributed by atoms with Crippen molar-refractivity contribution in [3.05, 3.63) is 22.5 Å².